The third kappa shape index (κ3) is 7.67. The maximum atomic E-state index is 14.1. The number of hydrogen-bond donors (Lipinski definition) is 1. The van der Waals surface area contributed by atoms with Crippen molar-refractivity contribution in [2.24, 2.45) is 0 Å². The molecule has 41 heavy (non-hydrogen) atoms. The van der Waals surface area contributed by atoms with Crippen LogP contribution < -0.4 is 14.4 Å². The van der Waals surface area contributed by atoms with Crippen molar-refractivity contribution in [1.82, 2.24) is 10.2 Å². The van der Waals surface area contributed by atoms with Gasteiger partial charge in [-0.25, -0.2) is 8.42 Å². The van der Waals surface area contributed by atoms with E-state index in [1.807, 2.05) is 37.3 Å². The molecule has 0 unspecified atom stereocenters. The Labute approximate surface area is 243 Å². The predicted octanol–water partition coefficient (Wildman–Crippen LogP) is 4.80. The molecule has 0 spiro atoms. The van der Waals surface area contributed by atoms with E-state index in [0.717, 1.165) is 35.6 Å². The van der Waals surface area contributed by atoms with Crippen LogP contribution in [0.15, 0.2) is 89.8 Å². The van der Waals surface area contributed by atoms with Crippen molar-refractivity contribution < 1.29 is 22.7 Å². The molecule has 0 bridgehead atoms. The number of benzene rings is 3. The van der Waals surface area contributed by atoms with Crippen molar-refractivity contribution in [3.05, 3.63) is 90.5 Å². The van der Waals surface area contributed by atoms with Gasteiger partial charge in [-0.1, -0.05) is 73.5 Å². The van der Waals surface area contributed by atoms with Crippen molar-refractivity contribution in [2.45, 2.75) is 62.9 Å². The molecule has 0 aliphatic heterocycles. The smallest absolute Gasteiger partial charge is 0.264 e. The van der Waals surface area contributed by atoms with Gasteiger partial charge in [0.2, 0.25) is 11.8 Å². The van der Waals surface area contributed by atoms with Gasteiger partial charge in [0.1, 0.15) is 18.3 Å². The predicted molar refractivity (Wildman–Crippen MR) is 160 cm³/mol. The first-order valence-corrected chi connectivity index (χ1v) is 15.7. The molecule has 8 nitrogen and oxygen atoms in total. The quantitative estimate of drug-likeness (QED) is 0.315. The van der Waals surface area contributed by atoms with Gasteiger partial charge < -0.3 is 15.0 Å². The van der Waals surface area contributed by atoms with Crippen molar-refractivity contribution >= 4 is 27.5 Å². The molecule has 1 fully saturated rings. The minimum atomic E-state index is -4.15. The van der Waals surface area contributed by atoms with Crippen LogP contribution in [0.25, 0.3) is 0 Å². The molecule has 1 aliphatic rings. The molecule has 1 atom stereocenters. The molecule has 0 saturated heterocycles. The molecule has 3 aromatic carbocycles. The first-order chi connectivity index (χ1) is 19.8. The zero-order valence-corrected chi connectivity index (χ0v) is 24.6. The number of sulfonamides is 1. The summed E-state index contributed by atoms with van der Waals surface area (Å²) in [5.74, 6) is -0.350. The van der Waals surface area contributed by atoms with Gasteiger partial charge in [-0.3, -0.25) is 13.9 Å². The SMILES string of the molecule is CCOc1ccccc1N(CC(=O)N(CCc1ccccc1)[C@@H](C)C(=O)NC1CCCC1)S(=O)(=O)c1ccccc1. The van der Waals surface area contributed by atoms with Gasteiger partial charge in [-0.05, 0) is 62.9 Å². The first-order valence-electron chi connectivity index (χ1n) is 14.2. The van der Waals surface area contributed by atoms with E-state index >= 15 is 0 Å². The van der Waals surface area contributed by atoms with E-state index in [1.165, 1.54) is 17.0 Å². The fraction of sp³-hybridized carbons (Fsp3) is 0.375. The van der Waals surface area contributed by atoms with E-state index in [-0.39, 0.29) is 29.1 Å². The Bertz CT molecular complexity index is 1390. The largest absolute Gasteiger partial charge is 0.492 e. The number of para-hydroxylation sites is 2. The fourth-order valence-corrected chi connectivity index (χ4v) is 6.58. The summed E-state index contributed by atoms with van der Waals surface area (Å²) in [4.78, 5) is 28.9. The minimum absolute atomic E-state index is 0.0574. The summed E-state index contributed by atoms with van der Waals surface area (Å²) >= 11 is 0. The summed E-state index contributed by atoms with van der Waals surface area (Å²) in [5.41, 5.74) is 1.28. The zero-order chi connectivity index (χ0) is 29.2. The fourth-order valence-electron chi connectivity index (χ4n) is 5.14. The molecule has 0 aromatic heterocycles. The second kappa shape index (κ2) is 14.2. The highest BCUT2D eigenvalue weighted by molar-refractivity contribution is 7.92. The summed E-state index contributed by atoms with van der Waals surface area (Å²) in [6.07, 6.45) is 4.51. The average Bonchev–Trinajstić information content (AvgIpc) is 3.50. The van der Waals surface area contributed by atoms with E-state index in [1.54, 1.807) is 49.4 Å². The number of amides is 2. The summed E-state index contributed by atoms with van der Waals surface area (Å²) in [7, 11) is -4.15. The molecule has 1 N–H and O–H groups in total. The monoisotopic (exact) mass is 577 g/mol. The Morgan fingerprint density at radius 1 is 0.927 bits per heavy atom. The molecule has 1 aliphatic carbocycles. The van der Waals surface area contributed by atoms with Crippen molar-refractivity contribution in [2.75, 3.05) is 24.0 Å². The molecule has 218 valence electrons. The zero-order valence-electron chi connectivity index (χ0n) is 23.7. The summed E-state index contributed by atoms with van der Waals surface area (Å²) in [6, 6.07) is 23.8. The van der Waals surface area contributed by atoms with E-state index in [0.29, 0.717) is 18.8 Å². The van der Waals surface area contributed by atoms with Crippen LogP contribution in [-0.2, 0) is 26.0 Å². The molecule has 4 rings (SSSR count). The van der Waals surface area contributed by atoms with Gasteiger partial charge in [0.15, 0.2) is 0 Å². The highest BCUT2D eigenvalue weighted by atomic mass is 32.2. The lowest BCUT2D eigenvalue weighted by molar-refractivity contribution is -0.139. The highest BCUT2D eigenvalue weighted by Crippen LogP contribution is 2.32. The van der Waals surface area contributed by atoms with Gasteiger partial charge in [-0.2, -0.15) is 0 Å². The van der Waals surface area contributed by atoms with E-state index in [4.69, 9.17) is 4.74 Å². The van der Waals surface area contributed by atoms with Crippen LogP contribution in [0.2, 0.25) is 0 Å². The first kappa shape index (κ1) is 30.1. The number of hydrogen-bond acceptors (Lipinski definition) is 5. The van der Waals surface area contributed by atoms with Crippen LogP contribution in [0.5, 0.6) is 5.75 Å². The van der Waals surface area contributed by atoms with Crippen molar-refractivity contribution in [1.29, 1.82) is 0 Å². The summed E-state index contributed by atoms with van der Waals surface area (Å²) in [5, 5.41) is 3.09. The molecular weight excluding hydrogens is 538 g/mol. The van der Waals surface area contributed by atoms with Gasteiger partial charge >= 0.3 is 0 Å². The third-order valence-corrected chi connectivity index (χ3v) is 9.17. The van der Waals surface area contributed by atoms with Gasteiger partial charge in [0.05, 0.1) is 17.2 Å². The van der Waals surface area contributed by atoms with Crippen LogP contribution in [-0.4, -0.2) is 56.9 Å². The Hall–Kier alpha value is -3.85. The van der Waals surface area contributed by atoms with Gasteiger partial charge in [0, 0.05) is 12.6 Å². The highest BCUT2D eigenvalue weighted by Gasteiger charge is 2.34. The number of carbonyl (C=O) groups is 2. The molecule has 1 saturated carbocycles. The lowest BCUT2D eigenvalue weighted by atomic mass is 10.1. The molecule has 9 heteroatoms. The van der Waals surface area contributed by atoms with E-state index in [9.17, 15) is 18.0 Å². The van der Waals surface area contributed by atoms with Crippen LogP contribution in [0.1, 0.15) is 45.1 Å². The molecule has 2 amide bonds. The number of rotatable bonds is 13. The molecular formula is C32H39N3O5S. The molecule has 0 radical (unpaired) electrons. The summed E-state index contributed by atoms with van der Waals surface area (Å²) in [6.45, 7) is 3.61. The Balaban J connectivity index is 1.67. The second-order valence-corrected chi connectivity index (χ2v) is 12.1. The maximum Gasteiger partial charge on any atom is 0.264 e. The van der Waals surface area contributed by atoms with Gasteiger partial charge in [-0.15, -0.1) is 0 Å². The number of carbonyl (C=O) groups excluding carboxylic acids is 2. The topological polar surface area (TPSA) is 96.0 Å². The lowest BCUT2D eigenvalue weighted by Crippen LogP contribution is -2.53. The Morgan fingerprint density at radius 3 is 2.20 bits per heavy atom. The number of ether oxygens (including phenoxy) is 1. The Morgan fingerprint density at radius 2 is 1.54 bits per heavy atom. The second-order valence-electron chi connectivity index (χ2n) is 10.2. The van der Waals surface area contributed by atoms with Crippen LogP contribution >= 0.6 is 0 Å². The van der Waals surface area contributed by atoms with Crippen LogP contribution in [0.3, 0.4) is 0 Å². The number of nitrogens with zero attached hydrogens (tertiary/aromatic N) is 2. The van der Waals surface area contributed by atoms with Gasteiger partial charge in [0.25, 0.3) is 10.0 Å². The van der Waals surface area contributed by atoms with E-state index in [2.05, 4.69) is 5.32 Å². The number of nitrogens with one attached hydrogen (secondary N) is 1. The third-order valence-electron chi connectivity index (χ3n) is 7.40. The van der Waals surface area contributed by atoms with Crippen molar-refractivity contribution in [3.8, 4) is 5.75 Å². The van der Waals surface area contributed by atoms with Crippen LogP contribution in [0.4, 0.5) is 5.69 Å². The number of anilines is 1. The van der Waals surface area contributed by atoms with Crippen molar-refractivity contribution in [3.63, 3.8) is 0 Å². The lowest BCUT2D eigenvalue weighted by Gasteiger charge is -2.33. The molecule has 3 aromatic rings. The molecule has 0 heterocycles. The summed E-state index contributed by atoms with van der Waals surface area (Å²) < 4.78 is 34.8. The standard InChI is InChI=1S/C32H39N3O5S/c1-3-40-30-21-13-12-20-29(30)35(41(38,39)28-18-8-5-9-19-28)24-31(36)34(23-22-26-14-6-4-7-15-26)25(2)32(37)33-27-16-10-11-17-27/h4-9,12-15,18-21,25,27H,3,10-11,16-17,22-24H2,1-2H3,(H,33,37)/t25-/m0/s1. The van der Waals surface area contributed by atoms with E-state index < -0.39 is 28.5 Å². The van der Waals surface area contributed by atoms with Crippen LogP contribution in [0, 0.1) is 0 Å². The Kier molecular flexibility index (Phi) is 10.4. The normalized spacial score (nSPS) is 14.3. The average molecular weight is 578 g/mol. The maximum absolute atomic E-state index is 14.1. The minimum Gasteiger partial charge on any atom is -0.492 e.